The summed E-state index contributed by atoms with van der Waals surface area (Å²) < 4.78 is 5.48. The molecule has 7 heteroatoms. The number of halogens is 1. The van der Waals surface area contributed by atoms with Crippen LogP contribution in [0, 0.1) is 12.3 Å². The first-order valence-corrected chi connectivity index (χ1v) is 10.8. The molecule has 1 atom stereocenters. The number of amides is 2. The van der Waals surface area contributed by atoms with Gasteiger partial charge in [0, 0.05) is 18.8 Å². The summed E-state index contributed by atoms with van der Waals surface area (Å²) in [6.45, 7) is 9.28. The van der Waals surface area contributed by atoms with Crippen molar-refractivity contribution in [3.05, 3.63) is 23.2 Å². The lowest BCUT2D eigenvalue weighted by molar-refractivity contribution is -0.122. The largest absolute Gasteiger partial charge is 0.444 e. The molecule has 1 aromatic rings. The van der Waals surface area contributed by atoms with Crippen molar-refractivity contribution in [2.24, 2.45) is 0 Å². The minimum Gasteiger partial charge on any atom is -0.444 e. The molecule has 1 fully saturated rings. The number of likely N-dealkylation sites (tertiary alicyclic amines) is 1. The van der Waals surface area contributed by atoms with E-state index in [-0.39, 0.29) is 5.91 Å². The van der Waals surface area contributed by atoms with E-state index in [1.165, 1.54) is 4.90 Å². The fourth-order valence-corrected chi connectivity index (χ4v) is 3.77. The second-order valence-corrected chi connectivity index (χ2v) is 8.87. The third kappa shape index (κ3) is 6.56. The number of hydrogen-bond acceptors (Lipinski definition) is 4. The van der Waals surface area contributed by atoms with Crippen LogP contribution in [0.25, 0.3) is 0 Å². The van der Waals surface area contributed by atoms with Crippen molar-refractivity contribution in [2.45, 2.75) is 65.0 Å². The third-order valence-electron chi connectivity index (χ3n) is 4.77. The Bertz CT molecular complexity index is 798. The number of piperidine rings is 1. The van der Waals surface area contributed by atoms with Gasteiger partial charge in [-0.2, -0.15) is 0 Å². The normalized spacial score (nSPS) is 16.5. The number of carbonyl (C=O) groups excluding carboxylic acids is 2. The summed E-state index contributed by atoms with van der Waals surface area (Å²) in [5.74, 6) is 2.41. The Balaban J connectivity index is 2.12. The molecule has 1 aromatic carbocycles. The zero-order valence-corrected chi connectivity index (χ0v) is 19.1. The molecule has 0 aliphatic carbocycles. The van der Waals surface area contributed by atoms with Crippen LogP contribution in [0.15, 0.2) is 18.2 Å². The molecule has 0 bridgehead atoms. The maximum absolute atomic E-state index is 12.9. The molecule has 1 N–H and O–H groups in total. The molecule has 1 aliphatic heterocycles. The highest BCUT2D eigenvalue weighted by Crippen LogP contribution is 2.30. The van der Waals surface area contributed by atoms with Crippen LogP contribution in [0.2, 0.25) is 5.02 Å². The molecule has 0 saturated carbocycles. The van der Waals surface area contributed by atoms with E-state index in [2.05, 4.69) is 18.2 Å². The molecule has 1 aliphatic rings. The quantitative estimate of drug-likeness (QED) is 0.647. The van der Waals surface area contributed by atoms with Crippen molar-refractivity contribution >= 4 is 35.0 Å². The van der Waals surface area contributed by atoms with Crippen LogP contribution in [0.5, 0.6) is 0 Å². The molecule has 0 unspecified atom stereocenters. The minimum absolute atomic E-state index is 0.238. The summed E-state index contributed by atoms with van der Waals surface area (Å²) in [5, 5.41) is 3.42. The summed E-state index contributed by atoms with van der Waals surface area (Å²) >= 11 is 6.47. The van der Waals surface area contributed by atoms with E-state index in [9.17, 15) is 9.59 Å². The van der Waals surface area contributed by atoms with Crippen LogP contribution in [0.3, 0.4) is 0 Å². The Hall–Kier alpha value is -2.39. The smallest absolute Gasteiger partial charge is 0.410 e. The molecule has 1 heterocycles. The van der Waals surface area contributed by atoms with Crippen LogP contribution < -0.4 is 10.2 Å². The van der Waals surface area contributed by atoms with Crippen molar-refractivity contribution < 1.29 is 14.3 Å². The number of anilines is 2. The van der Waals surface area contributed by atoms with Crippen LogP contribution in [0.4, 0.5) is 16.2 Å². The first-order chi connectivity index (χ1) is 14.2. The molecule has 164 valence electrons. The fraction of sp³-hybridized carbons (Fsp3) is 0.565. The van der Waals surface area contributed by atoms with Crippen molar-refractivity contribution in [1.29, 1.82) is 0 Å². The summed E-state index contributed by atoms with van der Waals surface area (Å²) in [7, 11) is 0. The molecule has 6 nitrogen and oxygen atoms in total. The molecule has 2 amide bonds. The highest BCUT2D eigenvalue weighted by atomic mass is 35.5. The van der Waals surface area contributed by atoms with Crippen LogP contribution in [-0.4, -0.2) is 48.2 Å². The summed E-state index contributed by atoms with van der Waals surface area (Å²) in [5.41, 5.74) is 0.810. The Morgan fingerprint density at radius 2 is 2.10 bits per heavy atom. The predicted molar refractivity (Wildman–Crippen MR) is 122 cm³/mol. The average Bonchev–Trinajstić information content (AvgIpc) is 2.67. The standard InChI is InChI=1S/C23H32ClN3O3/c1-6-13-26(14-7-2)19-12-11-17(16-18(19)24)25-21(28)20-10-8-9-15-27(20)22(29)30-23(3,4)5/h1,11-12,16,20H,7-10,13-15H2,2-5H3,(H,25,28)/t20-/m1/s1. The van der Waals surface area contributed by atoms with Gasteiger partial charge in [-0.3, -0.25) is 9.69 Å². The van der Waals surface area contributed by atoms with Crippen molar-refractivity contribution in [3.8, 4) is 12.3 Å². The molecular formula is C23H32ClN3O3. The van der Waals surface area contributed by atoms with Gasteiger partial charge in [0.05, 0.1) is 17.3 Å². The Morgan fingerprint density at radius 3 is 2.70 bits per heavy atom. The Morgan fingerprint density at radius 1 is 1.37 bits per heavy atom. The van der Waals surface area contributed by atoms with Gasteiger partial charge in [0.2, 0.25) is 5.91 Å². The van der Waals surface area contributed by atoms with Gasteiger partial charge in [0.15, 0.2) is 0 Å². The van der Waals surface area contributed by atoms with Gasteiger partial charge in [0.1, 0.15) is 11.6 Å². The minimum atomic E-state index is -0.609. The number of ether oxygens (including phenoxy) is 1. The topological polar surface area (TPSA) is 61.9 Å². The van der Waals surface area contributed by atoms with E-state index in [1.807, 2.05) is 31.7 Å². The number of nitrogens with zero attached hydrogens (tertiary/aromatic N) is 2. The maximum atomic E-state index is 12.9. The zero-order chi connectivity index (χ0) is 22.3. The number of nitrogens with one attached hydrogen (secondary N) is 1. The van der Waals surface area contributed by atoms with Gasteiger partial charge < -0.3 is 15.0 Å². The van der Waals surface area contributed by atoms with Crippen LogP contribution in [0.1, 0.15) is 53.4 Å². The van der Waals surface area contributed by atoms with E-state index < -0.39 is 17.7 Å². The lowest BCUT2D eigenvalue weighted by atomic mass is 10.0. The van der Waals surface area contributed by atoms with Gasteiger partial charge in [0.25, 0.3) is 0 Å². The molecule has 30 heavy (non-hydrogen) atoms. The van der Waals surface area contributed by atoms with E-state index >= 15 is 0 Å². The SMILES string of the molecule is C#CCN(CCC)c1ccc(NC(=O)[C@H]2CCCCN2C(=O)OC(C)(C)C)cc1Cl. The lowest BCUT2D eigenvalue weighted by Gasteiger charge is -2.35. The summed E-state index contributed by atoms with van der Waals surface area (Å²) in [6, 6.07) is 4.82. The molecule has 0 radical (unpaired) electrons. The zero-order valence-electron chi connectivity index (χ0n) is 18.3. The number of hydrogen-bond donors (Lipinski definition) is 1. The van der Waals surface area contributed by atoms with E-state index in [0.717, 1.165) is 31.5 Å². The van der Waals surface area contributed by atoms with Crippen molar-refractivity contribution in [3.63, 3.8) is 0 Å². The molecule has 0 aromatic heterocycles. The van der Waals surface area contributed by atoms with Gasteiger partial charge in [-0.25, -0.2) is 4.79 Å². The van der Waals surface area contributed by atoms with E-state index in [0.29, 0.717) is 30.2 Å². The number of terminal acetylenes is 1. The first kappa shape index (κ1) is 23.9. The predicted octanol–water partition coefficient (Wildman–Crippen LogP) is 4.92. The first-order valence-electron chi connectivity index (χ1n) is 10.4. The monoisotopic (exact) mass is 433 g/mol. The van der Waals surface area contributed by atoms with Crippen molar-refractivity contribution in [1.82, 2.24) is 4.90 Å². The second kappa shape index (κ2) is 10.6. The summed E-state index contributed by atoms with van der Waals surface area (Å²) in [6.07, 6.45) is 8.29. The summed E-state index contributed by atoms with van der Waals surface area (Å²) in [4.78, 5) is 29.1. The van der Waals surface area contributed by atoms with Gasteiger partial charge in [-0.1, -0.05) is 24.4 Å². The van der Waals surface area contributed by atoms with Crippen molar-refractivity contribution in [2.75, 3.05) is 29.9 Å². The van der Waals surface area contributed by atoms with Gasteiger partial charge in [-0.15, -0.1) is 6.42 Å². The molecule has 0 spiro atoms. The number of benzene rings is 1. The molecule has 2 rings (SSSR count). The molecular weight excluding hydrogens is 402 g/mol. The van der Waals surface area contributed by atoms with E-state index in [1.54, 1.807) is 12.1 Å². The van der Waals surface area contributed by atoms with Gasteiger partial charge in [-0.05, 0) is 64.7 Å². The Kier molecular flexibility index (Phi) is 8.43. The average molecular weight is 434 g/mol. The van der Waals surface area contributed by atoms with E-state index in [4.69, 9.17) is 22.8 Å². The number of carbonyl (C=O) groups is 2. The highest BCUT2D eigenvalue weighted by Gasteiger charge is 2.34. The maximum Gasteiger partial charge on any atom is 0.410 e. The fourth-order valence-electron chi connectivity index (χ4n) is 3.47. The van der Waals surface area contributed by atoms with Gasteiger partial charge >= 0.3 is 6.09 Å². The lowest BCUT2D eigenvalue weighted by Crippen LogP contribution is -2.51. The van der Waals surface area contributed by atoms with Crippen LogP contribution in [-0.2, 0) is 9.53 Å². The molecule has 1 saturated heterocycles. The van der Waals surface area contributed by atoms with Crippen LogP contribution >= 0.6 is 11.6 Å². The Labute approximate surface area is 184 Å². The highest BCUT2D eigenvalue weighted by molar-refractivity contribution is 6.33. The second-order valence-electron chi connectivity index (χ2n) is 8.47. The third-order valence-corrected chi connectivity index (χ3v) is 5.07. The number of rotatable bonds is 6.